The van der Waals surface area contributed by atoms with E-state index in [1.165, 1.54) is 24.3 Å². The van der Waals surface area contributed by atoms with Gasteiger partial charge >= 0.3 is 12.8 Å². The van der Waals surface area contributed by atoms with Gasteiger partial charge in [-0.3, -0.25) is 4.79 Å². The van der Waals surface area contributed by atoms with E-state index in [4.69, 9.17) is 11.6 Å². The van der Waals surface area contributed by atoms with Gasteiger partial charge in [-0.25, -0.2) is 9.97 Å². The largest absolute Gasteiger partial charge is 0.434 e. The number of para-hydroxylation sites is 1. The van der Waals surface area contributed by atoms with Gasteiger partial charge in [0.25, 0.3) is 0 Å². The minimum absolute atomic E-state index is 0.00728. The van der Waals surface area contributed by atoms with E-state index < -0.39 is 35.8 Å². The minimum Gasteiger partial charge on any atom is -0.434 e. The number of ether oxygens (including phenoxy) is 1. The molecule has 3 heterocycles. The molecule has 1 fully saturated rings. The fraction of sp³-hybridized carbons (Fsp3) is 0.273. The Kier molecular flexibility index (Phi) is 6.45. The number of hydrogen-bond donors (Lipinski definition) is 3. The van der Waals surface area contributed by atoms with Crippen molar-refractivity contribution in [2.24, 2.45) is 0 Å². The van der Waals surface area contributed by atoms with Crippen LogP contribution in [-0.2, 0) is 11.0 Å². The fourth-order valence-electron chi connectivity index (χ4n) is 3.95. The van der Waals surface area contributed by atoms with E-state index in [0.29, 0.717) is 13.1 Å². The number of alkyl halides is 5. The number of aromatic nitrogens is 4. The van der Waals surface area contributed by atoms with Gasteiger partial charge in [-0.2, -0.15) is 26.5 Å². The van der Waals surface area contributed by atoms with E-state index in [-0.39, 0.29) is 45.7 Å². The molecule has 5 rings (SSSR count). The van der Waals surface area contributed by atoms with E-state index in [2.05, 4.69) is 35.8 Å². The van der Waals surface area contributed by atoms with Gasteiger partial charge in [0.1, 0.15) is 11.8 Å². The fourth-order valence-corrected chi connectivity index (χ4v) is 4.11. The van der Waals surface area contributed by atoms with Crippen molar-refractivity contribution in [3.05, 3.63) is 47.0 Å². The zero-order chi connectivity index (χ0) is 26.3. The lowest BCUT2D eigenvalue weighted by Gasteiger charge is -2.17. The molecule has 15 heteroatoms. The number of nitrogens with one attached hydrogen (secondary N) is 3. The highest BCUT2D eigenvalue weighted by atomic mass is 35.5. The Morgan fingerprint density at radius 2 is 1.97 bits per heavy atom. The van der Waals surface area contributed by atoms with Crippen LogP contribution in [0.4, 0.5) is 27.9 Å². The van der Waals surface area contributed by atoms with Crippen LogP contribution < -0.4 is 20.7 Å². The van der Waals surface area contributed by atoms with Gasteiger partial charge in [-0.1, -0.05) is 17.7 Å². The summed E-state index contributed by atoms with van der Waals surface area (Å²) in [5.41, 5.74) is -1.47. The summed E-state index contributed by atoms with van der Waals surface area (Å²) in [7, 11) is 0. The second kappa shape index (κ2) is 9.59. The highest BCUT2D eigenvalue weighted by molar-refractivity contribution is 6.30. The number of benzene rings is 2. The lowest BCUT2D eigenvalue weighted by Crippen LogP contribution is -2.42. The molecule has 194 valence electrons. The minimum atomic E-state index is -4.74. The van der Waals surface area contributed by atoms with E-state index in [1.54, 1.807) is 0 Å². The number of carbonyl (C=O) groups is 1. The topological polar surface area (TPSA) is 105 Å². The van der Waals surface area contributed by atoms with Gasteiger partial charge in [0, 0.05) is 30.0 Å². The number of halogens is 6. The number of rotatable bonds is 5. The summed E-state index contributed by atoms with van der Waals surface area (Å²) >= 11 is 5.92. The first-order valence-electron chi connectivity index (χ1n) is 10.9. The van der Waals surface area contributed by atoms with Crippen LogP contribution in [0.5, 0.6) is 5.75 Å². The van der Waals surface area contributed by atoms with Crippen LogP contribution >= 0.6 is 11.6 Å². The first-order chi connectivity index (χ1) is 17.6. The average molecular weight is 542 g/mol. The Balaban J connectivity index is 1.74. The molecular weight excluding hydrogens is 525 g/mol. The standard InChI is InChI=1S/C22H17ClF5N7O2/c23-10-4-5-11(15(8-10)37-20(24)25)17-33-18-12-2-1-3-13(22(26,27)28)16(12)32-21(35(18)34-17)31-14-9-29-6-7-30-19(14)36/h1-5,8,14,20,29H,6-7,9H2,(H,30,36)(H,31,32)/t14-/m1/s1. The second-order valence-corrected chi connectivity index (χ2v) is 8.45. The summed E-state index contributed by atoms with van der Waals surface area (Å²) in [6.07, 6.45) is -4.74. The number of fused-ring (bicyclic) bond motifs is 3. The Morgan fingerprint density at radius 1 is 1.16 bits per heavy atom. The number of carbonyl (C=O) groups excluding carboxylic acids is 1. The van der Waals surface area contributed by atoms with E-state index in [1.807, 2.05) is 0 Å². The van der Waals surface area contributed by atoms with E-state index in [0.717, 1.165) is 16.6 Å². The van der Waals surface area contributed by atoms with E-state index in [9.17, 15) is 26.7 Å². The second-order valence-electron chi connectivity index (χ2n) is 8.02. The van der Waals surface area contributed by atoms with Crippen LogP contribution in [0.2, 0.25) is 5.02 Å². The molecule has 2 aromatic carbocycles. The highest BCUT2D eigenvalue weighted by Crippen LogP contribution is 2.37. The number of amides is 1. The van der Waals surface area contributed by atoms with Gasteiger partial charge in [0.15, 0.2) is 11.5 Å². The summed E-state index contributed by atoms with van der Waals surface area (Å²) in [5, 5.41) is 13.0. The quantitative estimate of drug-likeness (QED) is 0.331. The van der Waals surface area contributed by atoms with Crippen LogP contribution in [0.3, 0.4) is 0 Å². The molecular formula is C22H17ClF5N7O2. The lowest BCUT2D eigenvalue weighted by molar-refractivity contribution is -0.136. The summed E-state index contributed by atoms with van der Waals surface area (Å²) < 4.78 is 73.2. The van der Waals surface area contributed by atoms with E-state index >= 15 is 0 Å². The van der Waals surface area contributed by atoms with Crippen LogP contribution in [0.15, 0.2) is 36.4 Å². The molecule has 0 unspecified atom stereocenters. The summed E-state index contributed by atoms with van der Waals surface area (Å²) in [4.78, 5) is 21.0. The van der Waals surface area contributed by atoms with Crippen molar-refractivity contribution in [1.29, 1.82) is 0 Å². The molecule has 1 aliphatic rings. The van der Waals surface area contributed by atoms with Crippen molar-refractivity contribution in [1.82, 2.24) is 30.2 Å². The van der Waals surface area contributed by atoms with Crippen LogP contribution in [-0.4, -0.2) is 57.8 Å². The molecule has 1 aliphatic heterocycles. The molecule has 1 saturated heterocycles. The van der Waals surface area contributed by atoms with Crippen LogP contribution in [0, 0.1) is 0 Å². The van der Waals surface area contributed by atoms with Crippen molar-refractivity contribution in [3.8, 4) is 17.1 Å². The third-order valence-corrected chi connectivity index (χ3v) is 5.81. The maximum Gasteiger partial charge on any atom is 0.418 e. The maximum atomic E-state index is 13.8. The Bertz CT molecular complexity index is 1490. The molecule has 0 saturated carbocycles. The number of nitrogens with zero attached hydrogens (tertiary/aromatic N) is 4. The maximum absolute atomic E-state index is 13.8. The van der Waals surface area contributed by atoms with Gasteiger partial charge in [0.05, 0.1) is 16.6 Å². The predicted octanol–water partition coefficient (Wildman–Crippen LogP) is 3.72. The van der Waals surface area contributed by atoms with Crippen molar-refractivity contribution < 1.29 is 31.5 Å². The predicted molar refractivity (Wildman–Crippen MR) is 124 cm³/mol. The van der Waals surface area contributed by atoms with Crippen molar-refractivity contribution in [2.75, 3.05) is 25.0 Å². The molecule has 1 atom stereocenters. The Labute approximate surface area is 210 Å². The Hall–Kier alpha value is -3.78. The molecule has 1 amide bonds. The van der Waals surface area contributed by atoms with Crippen molar-refractivity contribution in [3.63, 3.8) is 0 Å². The first-order valence-corrected chi connectivity index (χ1v) is 11.3. The molecule has 0 radical (unpaired) electrons. The third-order valence-electron chi connectivity index (χ3n) is 5.58. The number of hydrogen-bond acceptors (Lipinski definition) is 7. The highest BCUT2D eigenvalue weighted by Gasteiger charge is 2.34. The molecule has 3 N–H and O–H groups in total. The zero-order valence-corrected chi connectivity index (χ0v) is 19.4. The Morgan fingerprint density at radius 3 is 2.73 bits per heavy atom. The van der Waals surface area contributed by atoms with Crippen molar-refractivity contribution in [2.45, 2.75) is 18.8 Å². The molecule has 0 aliphatic carbocycles. The monoisotopic (exact) mass is 541 g/mol. The molecule has 0 spiro atoms. The van der Waals surface area contributed by atoms with Gasteiger partial charge in [0.2, 0.25) is 11.9 Å². The van der Waals surface area contributed by atoms with Gasteiger partial charge in [-0.15, -0.1) is 5.10 Å². The molecule has 0 bridgehead atoms. The smallest absolute Gasteiger partial charge is 0.418 e. The summed E-state index contributed by atoms with van der Waals surface area (Å²) in [6.45, 7) is -2.14. The molecule has 37 heavy (non-hydrogen) atoms. The van der Waals surface area contributed by atoms with Crippen LogP contribution in [0.1, 0.15) is 5.56 Å². The van der Waals surface area contributed by atoms with Gasteiger partial charge < -0.3 is 20.7 Å². The third kappa shape index (κ3) is 4.93. The van der Waals surface area contributed by atoms with Crippen LogP contribution in [0.25, 0.3) is 27.9 Å². The molecule has 9 nitrogen and oxygen atoms in total. The first kappa shape index (κ1) is 24.9. The molecule has 2 aromatic heterocycles. The lowest BCUT2D eigenvalue weighted by atomic mass is 10.1. The molecule has 4 aromatic rings. The summed E-state index contributed by atoms with van der Waals surface area (Å²) in [5.74, 6) is -1.05. The average Bonchev–Trinajstić information content (AvgIpc) is 3.17. The zero-order valence-electron chi connectivity index (χ0n) is 18.6. The number of anilines is 1. The van der Waals surface area contributed by atoms with Gasteiger partial charge in [-0.05, 0) is 30.3 Å². The summed E-state index contributed by atoms with van der Waals surface area (Å²) in [6, 6.07) is 6.46. The van der Waals surface area contributed by atoms with Crippen molar-refractivity contribution >= 4 is 40.0 Å². The normalized spacial score (nSPS) is 16.7. The SMILES string of the molecule is O=C1NCCNC[C@H]1Nc1nc2c(C(F)(F)F)cccc2c2nc(-c3ccc(Cl)cc3OC(F)F)nn12.